The normalized spacial score (nSPS) is 15.9. The molecule has 0 aliphatic carbocycles. The van der Waals surface area contributed by atoms with Crippen LogP contribution in [0, 0.1) is 13.8 Å². The summed E-state index contributed by atoms with van der Waals surface area (Å²) in [5, 5.41) is 9.13. The quantitative estimate of drug-likeness (QED) is 0.824. The number of carbonyl (C=O) groups is 1. The molecule has 1 aromatic carbocycles. The summed E-state index contributed by atoms with van der Waals surface area (Å²) in [4.78, 5) is 16.7. The van der Waals surface area contributed by atoms with Crippen LogP contribution in [0.1, 0.15) is 47.3 Å². The van der Waals surface area contributed by atoms with E-state index in [2.05, 4.69) is 30.1 Å². The second-order valence-corrected chi connectivity index (χ2v) is 7.50. The molecule has 1 unspecified atom stereocenters. The number of ether oxygens (including phenoxy) is 1. The molecule has 3 rings (SSSR count). The van der Waals surface area contributed by atoms with Crippen LogP contribution < -0.4 is 4.74 Å². The first-order chi connectivity index (χ1) is 12.0. The molecule has 1 N–H and O–H groups in total. The second-order valence-electron chi connectivity index (χ2n) is 6.44. The summed E-state index contributed by atoms with van der Waals surface area (Å²) in [7, 11) is 0. The molecule has 1 aromatic heterocycles. The lowest BCUT2D eigenvalue weighted by Crippen LogP contribution is -2.08. The molecule has 0 amide bonds. The third kappa shape index (κ3) is 3.98. The van der Waals surface area contributed by atoms with E-state index < -0.39 is 5.97 Å². The fraction of sp³-hybridized carbons (Fsp3) is 0.400. The number of hydrogen-bond acceptors (Lipinski definition) is 4. The van der Waals surface area contributed by atoms with Crippen molar-refractivity contribution in [1.82, 2.24) is 4.98 Å². The van der Waals surface area contributed by atoms with Crippen molar-refractivity contribution >= 4 is 17.7 Å². The molecule has 4 nitrogen and oxygen atoms in total. The van der Waals surface area contributed by atoms with Gasteiger partial charge >= 0.3 is 5.97 Å². The van der Waals surface area contributed by atoms with Crippen LogP contribution in [0.25, 0.3) is 0 Å². The number of aromatic nitrogens is 1. The van der Waals surface area contributed by atoms with Gasteiger partial charge < -0.3 is 9.84 Å². The van der Waals surface area contributed by atoms with E-state index in [9.17, 15) is 4.79 Å². The van der Waals surface area contributed by atoms with Crippen molar-refractivity contribution in [2.24, 2.45) is 0 Å². The highest BCUT2D eigenvalue weighted by Crippen LogP contribution is 2.45. The number of hydrogen-bond donors (Lipinski definition) is 1. The Labute approximate surface area is 152 Å². The summed E-state index contributed by atoms with van der Waals surface area (Å²) < 4.78 is 6.03. The van der Waals surface area contributed by atoms with Gasteiger partial charge in [-0.05, 0) is 49.6 Å². The molecule has 25 heavy (non-hydrogen) atoms. The van der Waals surface area contributed by atoms with E-state index in [-0.39, 0.29) is 12.3 Å². The maximum absolute atomic E-state index is 11.1. The third-order valence-electron chi connectivity index (χ3n) is 4.58. The Balaban J connectivity index is 1.81. The van der Waals surface area contributed by atoms with E-state index in [0.29, 0.717) is 6.61 Å². The lowest BCUT2D eigenvalue weighted by Gasteiger charge is -2.15. The number of aryl methyl sites for hydroxylation is 3. The standard InChI is InChI=1S/C20H23NO3S/c1-4-14-7-17(24-10-15-6-5-12(2)21-13(15)3)9-18-20(14)16(11-25-18)8-19(22)23/h5-7,9,16H,4,8,10-11H2,1-3H3,(H,22,23). The molecule has 0 spiro atoms. The Morgan fingerprint density at radius 2 is 2.12 bits per heavy atom. The molecule has 0 fully saturated rings. The van der Waals surface area contributed by atoms with Crippen LogP contribution in [0.3, 0.4) is 0 Å². The molecule has 0 saturated carbocycles. The molecular weight excluding hydrogens is 334 g/mol. The van der Waals surface area contributed by atoms with Crippen molar-refractivity contribution < 1.29 is 14.6 Å². The van der Waals surface area contributed by atoms with Gasteiger partial charge in [-0.25, -0.2) is 0 Å². The van der Waals surface area contributed by atoms with Gasteiger partial charge in [-0.15, -0.1) is 11.8 Å². The fourth-order valence-electron chi connectivity index (χ4n) is 3.29. The molecule has 0 radical (unpaired) electrons. The van der Waals surface area contributed by atoms with Gasteiger partial charge in [0.1, 0.15) is 12.4 Å². The molecule has 132 valence electrons. The molecule has 0 bridgehead atoms. The van der Waals surface area contributed by atoms with Gasteiger partial charge in [0, 0.05) is 33.5 Å². The van der Waals surface area contributed by atoms with Crippen molar-refractivity contribution in [1.29, 1.82) is 0 Å². The van der Waals surface area contributed by atoms with Crippen molar-refractivity contribution in [3.63, 3.8) is 0 Å². The number of pyridine rings is 1. The van der Waals surface area contributed by atoms with Gasteiger partial charge in [0.25, 0.3) is 0 Å². The number of rotatable bonds is 6. The number of benzene rings is 1. The highest BCUT2D eigenvalue weighted by molar-refractivity contribution is 7.99. The van der Waals surface area contributed by atoms with Crippen LogP contribution in [0.2, 0.25) is 0 Å². The van der Waals surface area contributed by atoms with Crippen LogP contribution in [0.4, 0.5) is 0 Å². The van der Waals surface area contributed by atoms with Crippen molar-refractivity contribution in [2.45, 2.75) is 51.0 Å². The second kappa shape index (κ2) is 7.48. The van der Waals surface area contributed by atoms with Crippen molar-refractivity contribution in [2.75, 3.05) is 5.75 Å². The lowest BCUT2D eigenvalue weighted by molar-refractivity contribution is -0.137. The molecule has 1 aliphatic heterocycles. The van der Waals surface area contributed by atoms with Gasteiger partial charge in [0.05, 0.1) is 6.42 Å². The predicted molar refractivity (Wildman–Crippen MR) is 99.6 cm³/mol. The number of carboxylic acid groups (broad SMARTS) is 1. The third-order valence-corrected chi connectivity index (χ3v) is 5.80. The molecule has 2 heterocycles. The van der Waals surface area contributed by atoms with Crippen molar-refractivity contribution in [3.05, 3.63) is 52.3 Å². The van der Waals surface area contributed by atoms with Gasteiger partial charge in [-0.3, -0.25) is 9.78 Å². The average Bonchev–Trinajstić information content (AvgIpc) is 2.95. The number of aliphatic carboxylic acids is 1. The molecule has 1 atom stereocenters. The zero-order valence-corrected chi connectivity index (χ0v) is 15.7. The monoisotopic (exact) mass is 357 g/mol. The number of nitrogens with zero attached hydrogens (tertiary/aromatic N) is 1. The first kappa shape index (κ1) is 17.8. The van der Waals surface area contributed by atoms with Crippen LogP contribution in [-0.4, -0.2) is 21.8 Å². The molecule has 1 aliphatic rings. The fourth-order valence-corrected chi connectivity index (χ4v) is 4.61. The number of thioether (sulfide) groups is 1. The molecular formula is C20H23NO3S. The van der Waals surface area contributed by atoms with Gasteiger partial charge in [-0.1, -0.05) is 13.0 Å². The van der Waals surface area contributed by atoms with E-state index in [1.54, 1.807) is 11.8 Å². The molecule has 2 aromatic rings. The average molecular weight is 357 g/mol. The maximum atomic E-state index is 11.1. The minimum Gasteiger partial charge on any atom is -0.489 e. The summed E-state index contributed by atoms with van der Waals surface area (Å²) in [6.45, 7) is 6.58. The van der Waals surface area contributed by atoms with Crippen LogP contribution in [0.15, 0.2) is 29.2 Å². The van der Waals surface area contributed by atoms with Gasteiger partial charge in [0.2, 0.25) is 0 Å². The Morgan fingerprint density at radius 1 is 1.32 bits per heavy atom. The summed E-state index contributed by atoms with van der Waals surface area (Å²) in [6.07, 6.45) is 1.07. The number of carboxylic acids is 1. The zero-order chi connectivity index (χ0) is 18.0. The first-order valence-corrected chi connectivity index (χ1v) is 9.53. The van der Waals surface area contributed by atoms with E-state index in [0.717, 1.165) is 34.9 Å². The minimum absolute atomic E-state index is 0.102. The summed E-state index contributed by atoms with van der Waals surface area (Å²) in [6, 6.07) is 8.18. The Bertz CT molecular complexity index is 804. The molecule has 0 saturated heterocycles. The van der Waals surface area contributed by atoms with E-state index >= 15 is 0 Å². The van der Waals surface area contributed by atoms with Gasteiger partial charge in [0.15, 0.2) is 0 Å². The van der Waals surface area contributed by atoms with E-state index in [1.165, 1.54) is 16.0 Å². The van der Waals surface area contributed by atoms with Crippen LogP contribution in [0.5, 0.6) is 5.75 Å². The summed E-state index contributed by atoms with van der Waals surface area (Å²) >= 11 is 1.73. The SMILES string of the molecule is CCc1cc(OCc2ccc(C)nc2C)cc2c1C(CC(=O)O)CS2. The van der Waals surface area contributed by atoms with E-state index in [1.807, 2.05) is 19.9 Å². The first-order valence-electron chi connectivity index (χ1n) is 8.55. The number of fused-ring (bicyclic) bond motifs is 1. The Morgan fingerprint density at radius 3 is 2.80 bits per heavy atom. The van der Waals surface area contributed by atoms with Crippen molar-refractivity contribution in [3.8, 4) is 5.75 Å². The predicted octanol–water partition coefficient (Wildman–Crippen LogP) is 4.50. The highest BCUT2D eigenvalue weighted by Gasteiger charge is 2.28. The van der Waals surface area contributed by atoms with Crippen LogP contribution >= 0.6 is 11.8 Å². The largest absolute Gasteiger partial charge is 0.489 e. The smallest absolute Gasteiger partial charge is 0.303 e. The Kier molecular flexibility index (Phi) is 5.33. The van der Waals surface area contributed by atoms with Gasteiger partial charge in [-0.2, -0.15) is 0 Å². The maximum Gasteiger partial charge on any atom is 0.303 e. The minimum atomic E-state index is -0.733. The Hall–Kier alpha value is -2.01. The lowest BCUT2D eigenvalue weighted by atomic mass is 9.92. The van der Waals surface area contributed by atoms with E-state index in [4.69, 9.17) is 9.84 Å². The topological polar surface area (TPSA) is 59.4 Å². The zero-order valence-electron chi connectivity index (χ0n) is 14.8. The molecule has 5 heteroatoms. The highest BCUT2D eigenvalue weighted by atomic mass is 32.2. The van der Waals surface area contributed by atoms with Crippen LogP contribution in [-0.2, 0) is 17.8 Å². The summed E-state index contributed by atoms with van der Waals surface area (Å²) in [5.41, 5.74) is 5.49. The summed E-state index contributed by atoms with van der Waals surface area (Å²) in [5.74, 6) is 1.05.